The number of rotatable bonds is 7. The maximum Gasteiger partial charge on any atom is 0.407 e. The van der Waals surface area contributed by atoms with E-state index < -0.39 is 24.1 Å². The number of carbonyl (C=O) groups excluding carboxylic acids is 1. The number of halogens is 1. The molecule has 3 aromatic carbocycles. The van der Waals surface area contributed by atoms with Gasteiger partial charge >= 0.3 is 6.09 Å². The van der Waals surface area contributed by atoms with E-state index in [4.69, 9.17) is 10.6 Å². The summed E-state index contributed by atoms with van der Waals surface area (Å²) in [6, 6.07) is 19.8. The number of aliphatic hydroxyl groups excluding tert-OH is 2. The minimum atomic E-state index is -1.40. The lowest BCUT2D eigenvalue weighted by Gasteiger charge is -2.20. The Kier molecular flexibility index (Phi) is 6.36. The molecule has 0 saturated heterocycles. The van der Waals surface area contributed by atoms with E-state index in [0.29, 0.717) is 0 Å². The van der Waals surface area contributed by atoms with Crippen molar-refractivity contribution in [3.8, 4) is 11.1 Å². The van der Waals surface area contributed by atoms with E-state index in [1.165, 1.54) is 12.1 Å². The van der Waals surface area contributed by atoms with Gasteiger partial charge in [-0.25, -0.2) is 9.18 Å². The fourth-order valence-corrected chi connectivity index (χ4v) is 4.00. The Balaban J connectivity index is 1.33. The van der Waals surface area contributed by atoms with Crippen molar-refractivity contribution in [1.82, 2.24) is 5.32 Å². The molecule has 0 saturated carbocycles. The molecule has 2 atom stereocenters. The van der Waals surface area contributed by atoms with Gasteiger partial charge in [0.15, 0.2) is 0 Å². The summed E-state index contributed by atoms with van der Waals surface area (Å²) < 4.78 is 19.2. The number of nitrogen functional groups attached to an aromatic ring is 1. The molecule has 1 aliphatic carbocycles. The summed E-state index contributed by atoms with van der Waals surface area (Å²) in [5, 5.41) is 22.9. The van der Waals surface area contributed by atoms with Gasteiger partial charge in [0.1, 0.15) is 24.6 Å². The van der Waals surface area contributed by atoms with Gasteiger partial charge in [-0.05, 0) is 39.9 Å². The number of benzene rings is 3. The lowest BCUT2D eigenvalue weighted by atomic mass is 9.98. The predicted molar refractivity (Wildman–Crippen MR) is 118 cm³/mol. The molecule has 6 N–H and O–H groups in total. The summed E-state index contributed by atoms with van der Waals surface area (Å²) in [5.41, 5.74) is 6.84. The molecule has 1 aliphatic rings. The Morgan fingerprint density at radius 1 is 1.03 bits per heavy atom. The largest absolute Gasteiger partial charge is 0.449 e. The normalized spacial score (nSPS) is 14.2. The number of hydrogen-bond donors (Lipinski definition) is 5. The van der Waals surface area contributed by atoms with Gasteiger partial charge in [-0.3, -0.25) is 5.84 Å². The molecule has 0 aliphatic heterocycles. The number of aliphatic hydroxyl groups is 2. The summed E-state index contributed by atoms with van der Waals surface area (Å²) in [5.74, 6) is 4.43. The number of nitrogens with one attached hydrogen (secondary N) is 2. The molecule has 32 heavy (non-hydrogen) atoms. The maximum absolute atomic E-state index is 13.8. The third kappa shape index (κ3) is 4.29. The number of fused-ring (bicyclic) bond motifs is 3. The summed E-state index contributed by atoms with van der Waals surface area (Å²) in [6.07, 6.45) is -3.47. The van der Waals surface area contributed by atoms with Gasteiger partial charge in [-0.2, -0.15) is 0 Å². The van der Waals surface area contributed by atoms with E-state index in [0.717, 1.165) is 28.3 Å². The number of amides is 1. The molecule has 0 fully saturated rings. The van der Waals surface area contributed by atoms with Crippen LogP contribution in [-0.2, 0) is 4.74 Å². The first-order valence-corrected chi connectivity index (χ1v) is 10.2. The molecule has 2 unspecified atom stereocenters. The zero-order chi connectivity index (χ0) is 22.7. The second kappa shape index (κ2) is 9.35. The van der Waals surface area contributed by atoms with Crippen LogP contribution in [0.2, 0.25) is 0 Å². The first-order chi connectivity index (χ1) is 15.5. The van der Waals surface area contributed by atoms with Gasteiger partial charge in [0.05, 0.1) is 5.69 Å². The molecular formula is C24H24FN3O4. The Labute approximate surface area is 184 Å². The van der Waals surface area contributed by atoms with Crippen LogP contribution in [0.3, 0.4) is 0 Å². The summed E-state index contributed by atoms with van der Waals surface area (Å²) in [4.78, 5) is 12.2. The molecule has 166 valence electrons. The van der Waals surface area contributed by atoms with E-state index in [9.17, 15) is 19.4 Å². The van der Waals surface area contributed by atoms with E-state index in [2.05, 4.69) is 10.7 Å². The number of hydrogen-bond acceptors (Lipinski definition) is 6. The van der Waals surface area contributed by atoms with E-state index in [-0.39, 0.29) is 30.3 Å². The minimum absolute atomic E-state index is 0.0622. The number of anilines is 1. The highest BCUT2D eigenvalue weighted by molar-refractivity contribution is 5.79. The Morgan fingerprint density at radius 3 is 2.25 bits per heavy atom. The molecule has 0 spiro atoms. The van der Waals surface area contributed by atoms with Crippen LogP contribution in [0.1, 0.15) is 28.7 Å². The zero-order valence-corrected chi connectivity index (χ0v) is 17.2. The van der Waals surface area contributed by atoms with Crippen LogP contribution >= 0.6 is 0 Å². The molecular weight excluding hydrogens is 413 g/mol. The van der Waals surface area contributed by atoms with E-state index in [1.807, 2.05) is 48.5 Å². The molecule has 0 aromatic heterocycles. The van der Waals surface area contributed by atoms with Crippen LogP contribution in [0.5, 0.6) is 0 Å². The topological polar surface area (TPSA) is 117 Å². The average Bonchev–Trinajstić information content (AvgIpc) is 3.14. The highest BCUT2D eigenvalue weighted by Gasteiger charge is 2.29. The minimum Gasteiger partial charge on any atom is -0.449 e. The Hall–Kier alpha value is -3.46. The predicted octanol–water partition coefficient (Wildman–Crippen LogP) is 3.04. The molecule has 8 heteroatoms. The van der Waals surface area contributed by atoms with Crippen LogP contribution in [0, 0.1) is 5.82 Å². The van der Waals surface area contributed by atoms with Gasteiger partial charge in [0.25, 0.3) is 0 Å². The SMILES string of the molecule is NNc1ccc(C(O)C(O)CNC(=O)OCC2c3ccccc3-c3ccccc32)cc1F. The fourth-order valence-electron chi connectivity index (χ4n) is 4.00. The van der Waals surface area contributed by atoms with Crippen molar-refractivity contribution in [2.24, 2.45) is 5.84 Å². The van der Waals surface area contributed by atoms with Crippen LogP contribution in [-0.4, -0.2) is 35.6 Å². The highest BCUT2D eigenvalue weighted by atomic mass is 19.1. The third-order valence-corrected chi connectivity index (χ3v) is 5.65. The number of nitrogens with two attached hydrogens (primary N) is 1. The summed E-state index contributed by atoms with van der Waals surface area (Å²) in [7, 11) is 0. The molecule has 0 bridgehead atoms. The second-order valence-corrected chi connectivity index (χ2v) is 7.60. The number of carbonyl (C=O) groups is 1. The average molecular weight is 437 g/mol. The lowest BCUT2D eigenvalue weighted by Crippen LogP contribution is -2.36. The van der Waals surface area contributed by atoms with Gasteiger partial charge in [0.2, 0.25) is 0 Å². The molecule has 0 heterocycles. The second-order valence-electron chi connectivity index (χ2n) is 7.60. The van der Waals surface area contributed by atoms with Gasteiger partial charge < -0.3 is 25.7 Å². The van der Waals surface area contributed by atoms with Gasteiger partial charge in [-0.15, -0.1) is 0 Å². The molecule has 7 nitrogen and oxygen atoms in total. The Bertz CT molecular complexity index is 1080. The fraction of sp³-hybridized carbons (Fsp3) is 0.208. The molecule has 0 radical (unpaired) electrons. The lowest BCUT2D eigenvalue weighted by molar-refractivity contribution is 0.0184. The van der Waals surface area contributed by atoms with Crippen molar-refractivity contribution < 1.29 is 24.1 Å². The number of ether oxygens (including phenoxy) is 1. The van der Waals surface area contributed by atoms with Gasteiger partial charge in [0, 0.05) is 12.5 Å². The van der Waals surface area contributed by atoms with E-state index in [1.54, 1.807) is 0 Å². The number of hydrazine groups is 1. The standard InChI is InChI=1S/C24H24FN3O4/c25-20-11-14(9-10-21(20)28-26)23(30)22(29)12-27-24(31)32-13-19-17-7-3-1-5-15(17)16-6-2-4-8-18(16)19/h1-11,19,22-23,28-30H,12-13,26H2,(H,27,31). The van der Waals surface area contributed by atoms with Crippen LogP contribution in [0.4, 0.5) is 14.9 Å². The van der Waals surface area contributed by atoms with Crippen LogP contribution < -0.4 is 16.6 Å². The zero-order valence-electron chi connectivity index (χ0n) is 17.2. The van der Waals surface area contributed by atoms with Gasteiger partial charge in [-0.1, -0.05) is 54.6 Å². The van der Waals surface area contributed by atoms with Crippen molar-refractivity contribution in [2.75, 3.05) is 18.6 Å². The maximum atomic E-state index is 13.8. The molecule has 1 amide bonds. The quantitative estimate of drug-likeness (QED) is 0.287. The summed E-state index contributed by atoms with van der Waals surface area (Å²) in [6.45, 7) is -0.131. The first kappa shape index (κ1) is 21.8. The van der Waals surface area contributed by atoms with Crippen LogP contribution in [0.25, 0.3) is 11.1 Å². The highest BCUT2D eigenvalue weighted by Crippen LogP contribution is 2.44. The molecule has 4 rings (SSSR count). The molecule has 3 aromatic rings. The van der Waals surface area contributed by atoms with Crippen molar-refractivity contribution in [3.63, 3.8) is 0 Å². The van der Waals surface area contributed by atoms with Crippen LogP contribution in [0.15, 0.2) is 66.7 Å². The van der Waals surface area contributed by atoms with Crippen molar-refractivity contribution in [2.45, 2.75) is 18.1 Å². The van der Waals surface area contributed by atoms with E-state index >= 15 is 0 Å². The smallest absolute Gasteiger partial charge is 0.407 e. The van der Waals surface area contributed by atoms with Crippen molar-refractivity contribution in [3.05, 3.63) is 89.2 Å². The summed E-state index contributed by atoms with van der Waals surface area (Å²) >= 11 is 0. The third-order valence-electron chi connectivity index (χ3n) is 5.65. The monoisotopic (exact) mass is 437 g/mol. The van der Waals surface area contributed by atoms with Crippen molar-refractivity contribution >= 4 is 11.8 Å². The number of alkyl carbamates (subject to hydrolysis) is 1. The Morgan fingerprint density at radius 2 is 1.66 bits per heavy atom. The van der Waals surface area contributed by atoms with Crippen molar-refractivity contribution in [1.29, 1.82) is 0 Å². The first-order valence-electron chi connectivity index (χ1n) is 10.2.